The summed E-state index contributed by atoms with van der Waals surface area (Å²) >= 11 is 0.0501. The molecule has 0 saturated carbocycles. The van der Waals surface area contributed by atoms with Crippen LogP contribution in [0.15, 0.2) is 116 Å². The van der Waals surface area contributed by atoms with E-state index < -0.39 is 19.2 Å². The molecule has 3 heterocycles. The summed E-state index contributed by atoms with van der Waals surface area (Å²) in [5.41, 5.74) is 6.33. The average molecular weight is 881 g/mol. The van der Waals surface area contributed by atoms with Crippen molar-refractivity contribution in [2.75, 3.05) is 0 Å². The van der Waals surface area contributed by atoms with Crippen LogP contribution in [0.1, 0.15) is 32.2 Å². The fourth-order valence-corrected chi connectivity index (χ4v) is 11.3. The van der Waals surface area contributed by atoms with Gasteiger partial charge >= 0.3 is 106 Å². The van der Waals surface area contributed by atoms with E-state index in [1.165, 1.54) is 46.3 Å². The zero-order chi connectivity index (χ0) is 33.6. The number of benzene rings is 5. The van der Waals surface area contributed by atoms with Gasteiger partial charge in [0, 0.05) is 38.1 Å². The molecule has 48 heavy (non-hydrogen) atoms. The summed E-state index contributed by atoms with van der Waals surface area (Å²) in [4.78, 5) is 9.30. The van der Waals surface area contributed by atoms with Crippen molar-refractivity contribution >= 4 is 70.7 Å². The first kappa shape index (κ1) is 32.9. The molecular weight excluding hydrogens is 841 g/mol. The summed E-state index contributed by atoms with van der Waals surface area (Å²) in [7, 11) is 0. The number of nitrogens with zero attached hydrogens (tertiary/aromatic N) is 2. The van der Waals surface area contributed by atoms with Crippen LogP contribution in [-0.4, -0.2) is 23.2 Å². The van der Waals surface area contributed by atoms with Crippen molar-refractivity contribution in [3.05, 3.63) is 139 Å². The summed E-state index contributed by atoms with van der Waals surface area (Å²) in [6.45, 7) is 6.02. The molecule has 241 valence electrons. The number of pyridine rings is 2. The molecule has 0 N–H and O–H groups in total. The van der Waals surface area contributed by atoms with Gasteiger partial charge in [-0.25, -0.2) is 0 Å². The summed E-state index contributed by atoms with van der Waals surface area (Å²) in [6.07, 6.45) is 3.89. The standard InChI is InChI=1S/C28H20NS.C15H18GeN.Ir/c1-17(2)19-13-14-29-25(16-19)24-15-20-8-4-5-9-21(20)26-23-12-11-18-7-3-6-10-22(18)27(23)30-28(24)26;1-12-10-15(13-8-6-5-7-9-13)17-11-14(12)16(2,3)4;/h3-14,16-17H,1-2H3;5-8,10-11H,1-4H3;/q2*-1;/i17D;;. The molecule has 0 aliphatic heterocycles. The summed E-state index contributed by atoms with van der Waals surface area (Å²) in [5, 5.41) is 7.40. The normalized spacial score (nSPS) is 12.1. The molecule has 3 aromatic heterocycles. The third-order valence-electron chi connectivity index (χ3n) is 8.76. The van der Waals surface area contributed by atoms with Crippen LogP contribution in [0.5, 0.6) is 0 Å². The molecule has 0 aliphatic carbocycles. The molecule has 0 unspecified atom stereocenters. The van der Waals surface area contributed by atoms with Crippen molar-refractivity contribution in [2.24, 2.45) is 0 Å². The fourth-order valence-electron chi connectivity index (χ4n) is 6.37. The molecule has 0 saturated heterocycles. The smallest absolute Gasteiger partial charge is 0.0346 e. The number of hydrogen-bond donors (Lipinski definition) is 0. The van der Waals surface area contributed by atoms with Crippen molar-refractivity contribution in [3.8, 4) is 22.5 Å². The average Bonchev–Trinajstić information content (AvgIpc) is 3.48. The molecule has 1 radical (unpaired) electrons. The van der Waals surface area contributed by atoms with Crippen LogP contribution in [0.25, 0.3) is 64.2 Å². The molecule has 5 heteroatoms. The number of fused-ring (bicyclic) bond motifs is 7. The van der Waals surface area contributed by atoms with E-state index in [2.05, 4.69) is 126 Å². The van der Waals surface area contributed by atoms with Crippen molar-refractivity contribution < 1.29 is 21.5 Å². The second kappa shape index (κ2) is 14.1. The van der Waals surface area contributed by atoms with Crippen LogP contribution >= 0.6 is 11.3 Å². The van der Waals surface area contributed by atoms with E-state index in [-0.39, 0.29) is 20.1 Å². The van der Waals surface area contributed by atoms with Crippen LogP contribution in [0.4, 0.5) is 0 Å². The van der Waals surface area contributed by atoms with Gasteiger partial charge in [0.25, 0.3) is 0 Å². The molecule has 5 aromatic carbocycles. The van der Waals surface area contributed by atoms with Crippen LogP contribution in [0.3, 0.4) is 0 Å². The van der Waals surface area contributed by atoms with E-state index in [0.717, 1.165) is 33.5 Å². The van der Waals surface area contributed by atoms with E-state index in [4.69, 9.17) is 6.35 Å². The van der Waals surface area contributed by atoms with Gasteiger partial charge in [-0.2, -0.15) is 11.3 Å². The predicted octanol–water partition coefficient (Wildman–Crippen LogP) is 11.7. The number of rotatable bonds is 4. The largest absolute Gasteiger partial charge is 0.295 e. The van der Waals surface area contributed by atoms with E-state index in [1.807, 2.05) is 55.6 Å². The monoisotopic (exact) mass is 882 g/mol. The van der Waals surface area contributed by atoms with Gasteiger partial charge in [0.1, 0.15) is 0 Å². The van der Waals surface area contributed by atoms with Crippen molar-refractivity contribution in [1.82, 2.24) is 9.97 Å². The maximum absolute atomic E-state index is 8.47. The van der Waals surface area contributed by atoms with Crippen molar-refractivity contribution in [1.29, 1.82) is 0 Å². The third-order valence-corrected chi connectivity index (χ3v) is 14.5. The van der Waals surface area contributed by atoms with Crippen LogP contribution in [0, 0.1) is 19.1 Å². The van der Waals surface area contributed by atoms with Gasteiger partial charge in [0.2, 0.25) is 0 Å². The molecule has 0 aliphatic rings. The van der Waals surface area contributed by atoms with E-state index in [9.17, 15) is 0 Å². The van der Waals surface area contributed by atoms with Gasteiger partial charge < -0.3 is 0 Å². The Balaban J connectivity index is 0.000000198. The fraction of sp³-hybridized carbons (Fsp3) is 0.163. The van der Waals surface area contributed by atoms with Gasteiger partial charge in [-0.05, 0) is 38.4 Å². The Labute approximate surface area is 305 Å². The van der Waals surface area contributed by atoms with Crippen LogP contribution in [-0.2, 0) is 20.1 Å². The molecule has 0 spiro atoms. The Bertz CT molecular complexity index is 2440. The Hall–Kier alpha value is -3.67. The first-order chi connectivity index (χ1) is 23.0. The SMILES string of the molecule is Cc1cc(-c2[c-]cccc2)nc[c]1[Ge]([CH3])([CH3])[CH3].[2H]C(C)(C)c1ccnc(-c2[c-]c3ccccc3c3c2sc2c4ccccc4ccc23)c1.[Ir]. The molecule has 8 aromatic rings. The summed E-state index contributed by atoms with van der Waals surface area (Å²) < 4.78 is 12.5. The summed E-state index contributed by atoms with van der Waals surface area (Å²) in [5.74, 6) is 6.53. The topological polar surface area (TPSA) is 25.8 Å². The third kappa shape index (κ3) is 6.64. The molecule has 2 nitrogen and oxygen atoms in total. The Morgan fingerprint density at radius 3 is 2.25 bits per heavy atom. The second-order valence-corrected chi connectivity index (χ2v) is 24.9. The first-order valence-corrected chi connectivity index (χ1v) is 24.2. The maximum atomic E-state index is 8.47. The summed E-state index contributed by atoms with van der Waals surface area (Å²) in [6, 6.07) is 42.6. The molecule has 0 amide bonds. The molecule has 8 rings (SSSR count). The molecule has 0 fully saturated rings. The Kier molecular flexibility index (Phi) is 9.62. The number of thiophene rings is 1. The van der Waals surface area contributed by atoms with Gasteiger partial charge in [0.15, 0.2) is 0 Å². The predicted molar refractivity (Wildman–Crippen MR) is 207 cm³/mol. The van der Waals surface area contributed by atoms with E-state index in [0.29, 0.717) is 0 Å². The van der Waals surface area contributed by atoms with Gasteiger partial charge in [-0.15, -0.1) is 17.5 Å². The number of aryl methyl sites for hydroxylation is 1. The zero-order valence-corrected chi connectivity index (χ0v) is 33.4. The van der Waals surface area contributed by atoms with Crippen LogP contribution in [0.2, 0.25) is 17.3 Å². The Morgan fingerprint density at radius 1 is 0.771 bits per heavy atom. The molecule has 0 atom stereocenters. The van der Waals surface area contributed by atoms with E-state index in [1.54, 1.807) is 0 Å². The first-order valence-electron chi connectivity index (χ1n) is 16.6. The second-order valence-electron chi connectivity index (χ2n) is 13.4. The quantitative estimate of drug-likeness (QED) is 0.130. The minimum atomic E-state index is -1.77. The number of hydrogen-bond acceptors (Lipinski definition) is 3. The minimum Gasteiger partial charge on any atom is -0.295 e. The van der Waals surface area contributed by atoms with Crippen LogP contribution < -0.4 is 4.40 Å². The van der Waals surface area contributed by atoms with Gasteiger partial charge in [0.05, 0.1) is 0 Å². The minimum absolute atomic E-state index is 0. The number of aromatic nitrogens is 2. The zero-order valence-electron chi connectivity index (χ0n) is 29.1. The van der Waals surface area contributed by atoms with Crippen molar-refractivity contribution in [2.45, 2.75) is 43.9 Å². The van der Waals surface area contributed by atoms with Crippen molar-refractivity contribution in [3.63, 3.8) is 0 Å². The maximum Gasteiger partial charge on any atom is 0.0346 e. The molecular formula is C43H38GeIrN2S-2. The Morgan fingerprint density at radius 2 is 1.52 bits per heavy atom. The van der Waals surface area contributed by atoms with Gasteiger partial charge in [-0.1, -0.05) is 90.8 Å². The van der Waals surface area contributed by atoms with Gasteiger partial charge in [-0.3, -0.25) is 4.98 Å². The van der Waals surface area contributed by atoms with E-state index >= 15 is 0 Å². The molecule has 0 bridgehead atoms.